The van der Waals surface area contributed by atoms with Gasteiger partial charge in [-0.25, -0.2) is 4.79 Å². The zero-order chi connectivity index (χ0) is 12.4. The van der Waals surface area contributed by atoms with Crippen molar-refractivity contribution in [3.63, 3.8) is 0 Å². The van der Waals surface area contributed by atoms with Crippen molar-refractivity contribution >= 4 is 32.7 Å². The molecule has 0 bridgehead atoms. The van der Waals surface area contributed by atoms with Crippen LogP contribution in [0.5, 0.6) is 5.75 Å². The lowest BCUT2D eigenvalue weighted by Gasteiger charge is -2.12. The number of ether oxygens (including phenoxy) is 2. The highest BCUT2D eigenvalue weighted by atomic mass is 79.9. The summed E-state index contributed by atoms with van der Waals surface area (Å²) in [7, 11) is 2.89. The molecule has 0 atom stereocenters. The van der Waals surface area contributed by atoms with Gasteiger partial charge in [-0.15, -0.1) is 0 Å². The molecule has 0 aliphatic carbocycles. The smallest absolute Gasteiger partial charge is 0.342 e. The molecule has 0 N–H and O–H groups in total. The maximum atomic E-state index is 11.8. The van der Waals surface area contributed by atoms with Crippen LogP contribution in [0, 0.1) is 0 Å². The van der Waals surface area contributed by atoms with Crippen LogP contribution in [0.1, 0.15) is 10.4 Å². The summed E-state index contributed by atoms with van der Waals surface area (Å²) >= 11 is 3.39. The van der Waals surface area contributed by atoms with Crippen molar-refractivity contribution < 1.29 is 14.3 Å². The number of carbonyl (C=O) groups excluding carboxylic acids is 1. The fourth-order valence-corrected chi connectivity index (χ4v) is 2.41. The Morgan fingerprint density at radius 2 is 1.94 bits per heavy atom. The summed E-state index contributed by atoms with van der Waals surface area (Å²) in [5.41, 5.74) is 0.444. The van der Waals surface area contributed by atoms with E-state index in [1.54, 1.807) is 0 Å². The number of esters is 1. The Bertz CT molecular complexity index is 578. The van der Waals surface area contributed by atoms with Crippen molar-refractivity contribution in [2.75, 3.05) is 14.2 Å². The van der Waals surface area contributed by atoms with Crippen molar-refractivity contribution in [2.45, 2.75) is 0 Å². The molecule has 0 aliphatic rings. The van der Waals surface area contributed by atoms with Gasteiger partial charge in [0.1, 0.15) is 11.3 Å². The van der Waals surface area contributed by atoms with Crippen LogP contribution >= 0.6 is 15.9 Å². The Balaban J connectivity index is 2.86. The third-order valence-electron chi connectivity index (χ3n) is 2.55. The number of halogens is 1. The number of benzene rings is 2. The quantitative estimate of drug-likeness (QED) is 0.797. The fraction of sp³-hybridized carbons (Fsp3) is 0.154. The van der Waals surface area contributed by atoms with E-state index in [0.29, 0.717) is 11.3 Å². The third kappa shape index (κ3) is 2.00. The van der Waals surface area contributed by atoms with Gasteiger partial charge in [-0.2, -0.15) is 0 Å². The Morgan fingerprint density at radius 1 is 1.24 bits per heavy atom. The van der Waals surface area contributed by atoms with Crippen molar-refractivity contribution in [3.8, 4) is 5.75 Å². The van der Waals surface area contributed by atoms with E-state index in [2.05, 4.69) is 15.9 Å². The lowest BCUT2D eigenvalue weighted by Crippen LogP contribution is -2.05. The minimum Gasteiger partial charge on any atom is -0.495 e. The van der Waals surface area contributed by atoms with Crippen LogP contribution in [0.25, 0.3) is 10.8 Å². The van der Waals surface area contributed by atoms with Gasteiger partial charge in [0.05, 0.1) is 18.7 Å². The number of hydrogen-bond donors (Lipinski definition) is 0. The van der Waals surface area contributed by atoms with Crippen LogP contribution < -0.4 is 4.74 Å². The second-order valence-electron chi connectivity index (χ2n) is 3.48. The molecular weight excluding hydrogens is 284 g/mol. The van der Waals surface area contributed by atoms with E-state index in [1.807, 2.05) is 30.3 Å². The van der Waals surface area contributed by atoms with Crippen LogP contribution in [0.2, 0.25) is 0 Å². The van der Waals surface area contributed by atoms with Crippen LogP contribution in [0.4, 0.5) is 0 Å². The molecule has 0 spiro atoms. The molecule has 0 saturated heterocycles. The summed E-state index contributed by atoms with van der Waals surface area (Å²) in [6.45, 7) is 0. The second kappa shape index (κ2) is 4.75. The lowest BCUT2D eigenvalue weighted by atomic mass is 10.0. The molecule has 0 radical (unpaired) electrons. The average Bonchev–Trinajstić information content (AvgIpc) is 2.36. The largest absolute Gasteiger partial charge is 0.495 e. The first-order valence-electron chi connectivity index (χ1n) is 5.02. The minimum absolute atomic E-state index is 0.403. The Morgan fingerprint density at radius 3 is 2.59 bits per heavy atom. The molecule has 0 unspecified atom stereocenters. The van der Waals surface area contributed by atoms with Crippen LogP contribution in [0.3, 0.4) is 0 Å². The number of hydrogen-bond acceptors (Lipinski definition) is 3. The number of rotatable bonds is 2. The molecule has 2 aromatic carbocycles. The van der Waals surface area contributed by atoms with E-state index in [-0.39, 0.29) is 0 Å². The van der Waals surface area contributed by atoms with Gasteiger partial charge in [0.25, 0.3) is 0 Å². The topological polar surface area (TPSA) is 35.5 Å². The van der Waals surface area contributed by atoms with Crippen LogP contribution in [-0.2, 0) is 4.74 Å². The fourth-order valence-electron chi connectivity index (χ4n) is 1.80. The molecule has 0 fully saturated rings. The summed E-state index contributed by atoms with van der Waals surface area (Å²) in [5.74, 6) is 0.0925. The lowest BCUT2D eigenvalue weighted by molar-refractivity contribution is 0.0599. The van der Waals surface area contributed by atoms with E-state index < -0.39 is 5.97 Å². The summed E-state index contributed by atoms with van der Waals surface area (Å²) in [4.78, 5) is 11.8. The van der Waals surface area contributed by atoms with Crippen molar-refractivity contribution in [3.05, 3.63) is 40.4 Å². The van der Waals surface area contributed by atoms with E-state index >= 15 is 0 Å². The Labute approximate surface area is 107 Å². The Kier molecular flexibility index (Phi) is 3.33. The van der Waals surface area contributed by atoms with Crippen LogP contribution in [-0.4, -0.2) is 20.2 Å². The van der Waals surface area contributed by atoms with Gasteiger partial charge in [-0.05, 0) is 27.4 Å². The van der Waals surface area contributed by atoms with Gasteiger partial charge in [-0.1, -0.05) is 24.3 Å². The van der Waals surface area contributed by atoms with Gasteiger partial charge in [0.15, 0.2) is 0 Å². The van der Waals surface area contributed by atoms with Gasteiger partial charge in [-0.3, -0.25) is 0 Å². The standard InChI is InChI=1S/C13H11BrO3/c1-16-12-10(14)7-8-5-3-4-6-9(8)11(12)13(15)17-2/h3-7H,1-2H3. The summed E-state index contributed by atoms with van der Waals surface area (Å²) in [6, 6.07) is 9.52. The molecule has 2 rings (SSSR count). The maximum Gasteiger partial charge on any atom is 0.342 e. The molecule has 2 aromatic rings. The summed E-state index contributed by atoms with van der Waals surface area (Å²) < 4.78 is 10.8. The molecule has 3 nitrogen and oxygen atoms in total. The highest BCUT2D eigenvalue weighted by molar-refractivity contribution is 9.10. The van der Waals surface area contributed by atoms with Crippen LogP contribution in [0.15, 0.2) is 34.8 Å². The predicted octanol–water partition coefficient (Wildman–Crippen LogP) is 3.40. The SMILES string of the molecule is COC(=O)c1c(OC)c(Br)cc2ccccc12. The molecule has 0 heterocycles. The van der Waals surface area contributed by atoms with Gasteiger partial charge in [0.2, 0.25) is 0 Å². The highest BCUT2D eigenvalue weighted by Crippen LogP contribution is 2.35. The average molecular weight is 295 g/mol. The summed E-state index contributed by atoms with van der Waals surface area (Å²) in [5, 5.41) is 1.78. The first kappa shape index (κ1) is 11.9. The third-order valence-corrected chi connectivity index (χ3v) is 3.14. The van der Waals surface area contributed by atoms with Gasteiger partial charge >= 0.3 is 5.97 Å². The highest BCUT2D eigenvalue weighted by Gasteiger charge is 2.19. The van der Waals surface area contributed by atoms with E-state index in [9.17, 15) is 4.79 Å². The Hall–Kier alpha value is -1.55. The molecule has 88 valence electrons. The first-order valence-corrected chi connectivity index (χ1v) is 5.82. The molecule has 0 saturated carbocycles. The molecule has 0 amide bonds. The molecule has 4 heteroatoms. The van der Waals surface area contributed by atoms with E-state index in [4.69, 9.17) is 9.47 Å². The molecule has 0 aliphatic heterocycles. The predicted molar refractivity (Wildman–Crippen MR) is 69.5 cm³/mol. The van der Waals surface area contributed by atoms with E-state index in [1.165, 1.54) is 14.2 Å². The minimum atomic E-state index is -0.403. The van der Waals surface area contributed by atoms with Crippen molar-refractivity contribution in [2.24, 2.45) is 0 Å². The normalized spacial score (nSPS) is 10.3. The molecule has 0 aromatic heterocycles. The number of carbonyl (C=O) groups is 1. The van der Waals surface area contributed by atoms with Gasteiger partial charge < -0.3 is 9.47 Å². The monoisotopic (exact) mass is 294 g/mol. The molecular formula is C13H11BrO3. The van der Waals surface area contributed by atoms with Crippen molar-refractivity contribution in [1.82, 2.24) is 0 Å². The summed E-state index contributed by atoms with van der Waals surface area (Å²) in [6.07, 6.45) is 0. The first-order chi connectivity index (χ1) is 8.19. The van der Waals surface area contributed by atoms with Crippen molar-refractivity contribution in [1.29, 1.82) is 0 Å². The maximum absolute atomic E-state index is 11.8. The zero-order valence-corrected chi connectivity index (χ0v) is 11.1. The number of methoxy groups -OCH3 is 2. The second-order valence-corrected chi connectivity index (χ2v) is 4.33. The zero-order valence-electron chi connectivity index (χ0n) is 9.49. The number of fused-ring (bicyclic) bond motifs is 1. The van der Waals surface area contributed by atoms with E-state index in [0.717, 1.165) is 15.2 Å². The van der Waals surface area contributed by atoms with Gasteiger partial charge in [0, 0.05) is 5.39 Å². The molecule has 17 heavy (non-hydrogen) atoms.